The molecule has 2 rings (SSSR count). The van der Waals surface area contributed by atoms with Crippen molar-refractivity contribution in [3.8, 4) is 6.07 Å². The van der Waals surface area contributed by atoms with Gasteiger partial charge in [0.1, 0.15) is 0 Å². The van der Waals surface area contributed by atoms with Gasteiger partial charge in [0.05, 0.1) is 20.3 Å². The number of hydrogen-bond acceptors (Lipinski definition) is 5. The number of rotatable bonds is 7. The van der Waals surface area contributed by atoms with Gasteiger partial charge in [-0.25, -0.2) is 13.1 Å². The van der Waals surface area contributed by atoms with Crippen LogP contribution in [0.2, 0.25) is 0 Å². The van der Waals surface area contributed by atoms with Crippen molar-refractivity contribution in [2.75, 3.05) is 12.3 Å². The van der Waals surface area contributed by atoms with E-state index in [4.69, 9.17) is 5.26 Å². The number of nitriles is 1. The van der Waals surface area contributed by atoms with Gasteiger partial charge in [-0.2, -0.15) is 17.0 Å². The van der Waals surface area contributed by atoms with Crippen LogP contribution in [0.15, 0.2) is 45.1 Å². The second-order valence-electron chi connectivity index (χ2n) is 4.29. The van der Waals surface area contributed by atoms with Gasteiger partial charge in [0.2, 0.25) is 10.0 Å². The Kier molecular flexibility index (Phi) is 6.47. The second kappa shape index (κ2) is 8.13. The molecule has 4 nitrogen and oxygen atoms in total. The average Bonchev–Trinajstić information content (AvgIpc) is 2.92. The number of hydrogen-bond donors (Lipinski definition) is 1. The van der Waals surface area contributed by atoms with E-state index >= 15 is 0 Å². The quantitative estimate of drug-likeness (QED) is 0.699. The molecule has 0 saturated carbocycles. The molecule has 0 aliphatic rings. The summed E-state index contributed by atoms with van der Waals surface area (Å²) in [5.74, 6) is 1.57. The number of thiophene rings is 1. The second-order valence-corrected chi connectivity index (χ2v) is 9.71. The van der Waals surface area contributed by atoms with Crippen molar-refractivity contribution in [1.82, 2.24) is 4.72 Å². The van der Waals surface area contributed by atoms with Gasteiger partial charge in [0.25, 0.3) is 0 Å². The van der Waals surface area contributed by atoms with Crippen LogP contribution in [0.4, 0.5) is 0 Å². The molecule has 0 fully saturated rings. The van der Waals surface area contributed by atoms with E-state index in [2.05, 4.69) is 26.7 Å². The van der Waals surface area contributed by atoms with E-state index < -0.39 is 10.0 Å². The number of benzene rings is 1. The summed E-state index contributed by atoms with van der Waals surface area (Å²) in [7, 11) is -3.50. The Morgan fingerprint density at radius 1 is 1.23 bits per heavy atom. The topological polar surface area (TPSA) is 70.0 Å². The Balaban J connectivity index is 1.78. The molecule has 0 radical (unpaired) electrons. The summed E-state index contributed by atoms with van der Waals surface area (Å²) in [4.78, 5) is 1.44. The molecule has 116 valence electrons. The lowest BCUT2D eigenvalue weighted by atomic mass is 10.2. The first-order valence-electron chi connectivity index (χ1n) is 6.33. The first-order chi connectivity index (χ1) is 10.5. The van der Waals surface area contributed by atoms with Crippen molar-refractivity contribution in [2.45, 2.75) is 10.6 Å². The fraction of sp³-hybridized carbons (Fsp3) is 0.214. The summed E-state index contributed by atoms with van der Waals surface area (Å²) in [5.41, 5.74) is 0.441. The molecule has 0 saturated heterocycles. The smallest absolute Gasteiger partial charge is 0.210 e. The Labute approximate surface area is 146 Å². The first-order valence-corrected chi connectivity index (χ1v) is 10.6. The maximum Gasteiger partial charge on any atom is 0.240 e. The van der Waals surface area contributed by atoms with Crippen molar-refractivity contribution in [1.29, 1.82) is 5.26 Å². The highest BCUT2D eigenvalue weighted by molar-refractivity contribution is 9.11. The third-order valence-electron chi connectivity index (χ3n) is 2.71. The van der Waals surface area contributed by atoms with Gasteiger partial charge < -0.3 is 0 Å². The molecule has 8 heteroatoms. The predicted molar refractivity (Wildman–Crippen MR) is 94.5 cm³/mol. The first kappa shape index (κ1) is 17.5. The lowest BCUT2D eigenvalue weighted by Crippen LogP contribution is -2.26. The predicted octanol–water partition coefficient (Wildman–Crippen LogP) is 3.59. The molecule has 0 amide bonds. The molecule has 0 aliphatic carbocycles. The maximum atomic E-state index is 12.1. The molecule has 0 aliphatic heterocycles. The summed E-state index contributed by atoms with van der Waals surface area (Å²) in [6.07, 6.45) is 0. The van der Waals surface area contributed by atoms with Gasteiger partial charge in [0.15, 0.2) is 0 Å². The number of sulfonamides is 1. The SMILES string of the molecule is N#Cc1ccc(S(=O)(=O)NCCSCc2ccc(Br)s2)cc1. The van der Waals surface area contributed by atoms with Crippen LogP contribution in [0.25, 0.3) is 0 Å². The maximum absolute atomic E-state index is 12.1. The van der Waals surface area contributed by atoms with Crippen molar-refractivity contribution >= 4 is 49.1 Å². The van der Waals surface area contributed by atoms with Gasteiger partial charge >= 0.3 is 0 Å². The summed E-state index contributed by atoms with van der Waals surface area (Å²) in [6, 6.07) is 11.9. The Morgan fingerprint density at radius 3 is 2.55 bits per heavy atom. The minimum Gasteiger partial charge on any atom is -0.210 e. The molecule has 1 aromatic carbocycles. The number of nitrogens with zero attached hydrogens (tertiary/aromatic N) is 1. The van der Waals surface area contributed by atoms with Crippen LogP contribution < -0.4 is 4.72 Å². The number of nitrogens with one attached hydrogen (secondary N) is 1. The third-order valence-corrected chi connectivity index (χ3v) is 7.00. The van der Waals surface area contributed by atoms with E-state index in [-0.39, 0.29) is 4.90 Å². The highest BCUT2D eigenvalue weighted by Crippen LogP contribution is 2.25. The van der Waals surface area contributed by atoms with Crippen molar-refractivity contribution in [3.63, 3.8) is 0 Å². The van der Waals surface area contributed by atoms with Crippen LogP contribution in [-0.2, 0) is 15.8 Å². The van der Waals surface area contributed by atoms with E-state index in [0.717, 1.165) is 9.54 Å². The minimum atomic E-state index is -3.50. The summed E-state index contributed by atoms with van der Waals surface area (Å²) >= 11 is 6.78. The van der Waals surface area contributed by atoms with Gasteiger partial charge in [-0.1, -0.05) is 0 Å². The highest BCUT2D eigenvalue weighted by atomic mass is 79.9. The van der Waals surface area contributed by atoms with E-state index in [1.165, 1.54) is 29.1 Å². The van der Waals surface area contributed by atoms with Gasteiger partial charge in [0, 0.05) is 22.9 Å². The zero-order valence-corrected chi connectivity index (χ0v) is 15.5. The van der Waals surface area contributed by atoms with Crippen molar-refractivity contribution in [3.05, 3.63) is 50.6 Å². The largest absolute Gasteiger partial charge is 0.240 e. The van der Waals surface area contributed by atoms with Gasteiger partial charge in [-0.05, 0) is 52.3 Å². The lowest BCUT2D eigenvalue weighted by molar-refractivity contribution is 0.584. The van der Waals surface area contributed by atoms with Crippen LogP contribution in [0.1, 0.15) is 10.4 Å². The number of thioether (sulfide) groups is 1. The number of halogens is 1. The highest BCUT2D eigenvalue weighted by Gasteiger charge is 2.12. The Bertz CT molecular complexity index is 764. The molecule has 0 unspecified atom stereocenters. The van der Waals surface area contributed by atoms with Crippen LogP contribution >= 0.6 is 39.0 Å². The molecule has 2 aromatic rings. The lowest BCUT2D eigenvalue weighted by Gasteiger charge is -2.06. The zero-order chi connectivity index (χ0) is 16.0. The van der Waals surface area contributed by atoms with E-state index in [1.807, 2.05) is 12.1 Å². The Hall–Kier alpha value is -0.850. The normalized spacial score (nSPS) is 11.3. The Morgan fingerprint density at radius 2 is 1.95 bits per heavy atom. The summed E-state index contributed by atoms with van der Waals surface area (Å²) < 4.78 is 27.8. The van der Waals surface area contributed by atoms with Crippen molar-refractivity contribution in [2.24, 2.45) is 0 Å². The monoisotopic (exact) mass is 416 g/mol. The third kappa shape index (κ3) is 5.11. The van der Waals surface area contributed by atoms with E-state index in [1.54, 1.807) is 23.1 Å². The molecule has 22 heavy (non-hydrogen) atoms. The molecule has 1 aromatic heterocycles. The van der Waals surface area contributed by atoms with Crippen molar-refractivity contribution < 1.29 is 8.42 Å². The molecule has 0 atom stereocenters. The molecule has 1 heterocycles. The zero-order valence-electron chi connectivity index (χ0n) is 11.5. The average molecular weight is 417 g/mol. The summed E-state index contributed by atoms with van der Waals surface area (Å²) in [6.45, 7) is 0.375. The van der Waals surface area contributed by atoms with E-state index in [0.29, 0.717) is 17.9 Å². The molecule has 1 N–H and O–H groups in total. The van der Waals surface area contributed by atoms with Gasteiger partial charge in [-0.3, -0.25) is 0 Å². The standard InChI is InChI=1S/C14H13BrN2O2S3/c15-14-6-3-12(21-14)10-20-8-7-17-22(18,19)13-4-1-11(9-16)2-5-13/h1-6,17H,7-8,10H2. The molecule has 0 spiro atoms. The van der Waals surface area contributed by atoms with Crippen LogP contribution in [0, 0.1) is 11.3 Å². The van der Waals surface area contributed by atoms with Crippen LogP contribution in [-0.4, -0.2) is 20.7 Å². The minimum absolute atomic E-state index is 0.179. The van der Waals surface area contributed by atoms with Gasteiger partial charge in [-0.15, -0.1) is 11.3 Å². The molecular formula is C14H13BrN2O2S3. The molecular weight excluding hydrogens is 404 g/mol. The fourth-order valence-corrected chi connectivity index (χ4v) is 5.26. The van der Waals surface area contributed by atoms with Crippen LogP contribution in [0.3, 0.4) is 0 Å². The van der Waals surface area contributed by atoms with Crippen LogP contribution in [0.5, 0.6) is 0 Å². The summed E-state index contributed by atoms with van der Waals surface area (Å²) in [5, 5.41) is 8.71. The van der Waals surface area contributed by atoms with E-state index in [9.17, 15) is 8.42 Å². The molecule has 0 bridgehead atoms. The fourth-order valence-electron chi connectivity index (χ4n) is 1.64.